The second-order valence-corrected chi connectivity index (χ2v) is 7.97. The van der Waals surface area contributed by atoms with Gasteiger partial charge in [0, 0.05) is 23.7 Å². The monoisotopic (exact) mass is 408 g/mol. The summed E-state index contributed by atoms with van der Waals surface area (Å²) in [7, 11) is 0. The summed E-state index contributed by atoms with van der Waals surface area (Å²) < 4.78 is 11.6. The first-order valence-electron chi connectivity index (χ1n) is 10.8. The van der Waals surface area contributed by atoms with Gasteiger partial charge in [-0.1, -0.05) is 31.4 Å². The van der Waals surface area contributed by atoms with Gasteiger partial charge in [-0.3, -0.25) is 9.59 Å². The molecule has 2 amide bonds. The fraction of sp³-hybridized carbons (Fsp3) is 0.417. The van der Waals surface area contributed by atoms with Crippen molar-refractivity contribution in [3.05, 3.63) is 54.1 Å². The highest BCUT2D eigenvalue weighted by Crippen LogP contribution is 2.31. The standard InChI is InChI=1S/C24H28N2O4/c27-23(15-14-20-16-29-21-8-4-5-9-22(21)30-20)25-19-12-10-17(11-13-19)24(28)26-18-6-2-1-3-7-18/h4-5,8-13,18,20H,1-3,6-7,14-16H2,(H,25,27)(H,26,28). The minimum atomic E-state index is -0.142. The van der Waals surface area contributed by atoms with Gasteiger partial charge >= 0.3 is 0 Å². The van der Waals surface area contributed by atoms with Crippen LogP contribution in [0.3, 0.4) is 0 Å². The first-order valence-corrected chi connectivity index (χ1v) is 10.8. The number of ether oxygens (including phenoxy) is 2. The normalized spacial score (nSPS) is 18.5. The summed E-state index contributed by atoms with van der Waals surface area (Å²) in [5.41, 5.74) is 1.30. The highest BCUT2D eigenvalue weighted by Gasteiger charge is 2.21. The van der Waals surface area contributed by atoms with Crippen LogP contribution in [0, 0.1) is 0 Å². The fourth-order valence-electron chi connectivity index (χ4n) is 3.94. The number of rotatable bonds is 6. The van der Waals surface area contributed by atoms with Crippen LogP contribution < -0.4 is 20.1 Å². The van der Waals surface area contributed by atoms with Gasteiger partial charge in [0.25, 0.3) is 5.91 Å². The lowest BCUT2D eigenvalue weighted by Gasteiger charge is -2.26. The Morgan fingerprint density at radius 3 is 2.43 bits per heavy atom. The van der Waals surface area contributed by atoms with Gasteiger partial charge in [0.1, 0.15) is 12.7 Å². The molecule has 0 saturated heterocycles. The largest absolute Gasteiger partial charge is 0.486 e. The molecule has 6 heteroatoms. The molecule has 1 unspecified atom stereocenters. The Labute approximate surface area is 177 Å². The quantitative estimate of drug-likeness (QED) is 0.747. The number of anilines is 1. The maximum absolute atomic E-state index is 12.4. The van der Waals surface area contributed by atoms with Gasteiger partial charge in [0.15, 0.2) is 11.5 Å². The Bertz CT molecular complexity index is 875. The Morgan fingerprint density at radius 2 is 1.67 bits per heavy atom. The SMILES string of the molecule is O=C(CCC1COc2ccccc2O1)Nc1ccc(C(=O)NC2CCCCC2)cc1. The Morgan fingerprint density at radius 1 is 0.933 bits per heavy atom. The van der Waals surface area contributed by atoms with E-state index in [1.807, 2.05) is 24.3 Å². The van der Waals surface area contributed by atoms with Crippen molar-refractivity contribution in [2.45, 2.75) is 57.1 Å². The van der Waals surface area contributed by atoms with Gasteiger partial charge < -0.3 is 20.1 Å². The van der Waals surface area contributed by atoms with Crippen molar-refractivity contribution in [3.8, 4) is 11.5 Å². The van der Waals surface area contributed by atoms with Gasteiger partial charge in [-0.2, -0.15) is 0 Å². The lowest BCUT2D eigenvalue weighted by atomic mass is 9.95. The van der Waals surface area contributed by atoms with Crippen molar-refractivity contribution in [1.82, 2.24) is 5.32 Å². The number of carbonyl (C=O) groups is 2. The van der Waals surface area contributed by atoms with Crippen LogP contribution in [0.1, 0.15) is 55.3 Å². The zero-order valence-corrected chi connectivity index (χ0v) is 17.1. The van der Waals surface area contributed by atoms with E-state index in [0.29, 0.717) is 30.7 Å². The molecule has 1 fully saturated rings. The van der Waals surface area contributed by atoms with Crippen molar-refractivity contribution in [2.75, 3.05) is 11.9 Å². The molecule has 0 aromatic heterocycles. The summed E-state index contributed by atoms with van der Waals surface area (Å²) in [6.45, 7) is 0.440. The van der Waals surface area contributed by atoms with Crippen LogP contribution in [0.25, 0.3) is 0 Å². The number of benzene rings is 2. The average molecular weight is 408 g/mol. The molecule has 0 radical (unpaired) electrons. The summed E-state index contributed by atoms with van der Waals surface area (Å²) >= 11 is 0. The fourth-order valence-corrected chi connectivity index (χ4v) is 3.94. The smallest absolute Gasteiger partial charge is 0.251 e. The molecule has 2 N–H and O–H groups in total. The summed E-state index contributed by atoms with van der Waals surface area (Å²) in [5, 5.41) is 5.99. The van der Waals surface area contributed by atoms with Crippen molar-refractivity contribution < 1.29 is 19.1 Å². The lowest BCUT2D eigenvalue weighted by molar-refractivity contribution is -0.116. The van der Waals surface area contributed by atoms with E-state index in [-0.39, 0.29) is 24.0 Å². The Hall–Kier alpha value is -3.02. The van der Waals surface area contributed by atoms with E-state index in [9.17, 15) is 9.59 Å². The number of para-hydroxylation sites is 2. The Balaban J connectivity index is 1.22. The van der Waals surface area contributed by atoms with Gasteiger partial charge in [0.05, 0.1) is 0 Å². The minimum absolute atomic E-state index is 0.0468. The highest BCUT2D eigenvalue weighted by molar-refractivity contribution is 5.96. The minimum Gasteiger partial charge on any atom is -0.486 e. The van der Waals surface area contributed by atoms with Gasteiger partial charge in [0.2, 0.25) is 5.91 Å². The summed E-state index contributed by atoms with van der Waals surface area (Å²) in [6, 6.07) is 14.9. The first kappa shape index (κ1) is 20.3. The number of carbonyl (C=O) groups excluding carboxylic acids is 2. The van der Waals surface area contributed by atoms with Crippen molar-refractivity contribution in [1.29, 1.82) is 0 Å². The maximum atomic E-state index is 12.4. The van der Waals surface area contributed by atoms with Crippen molar-refractivity contribution in [2.24, 2.45) is 0 Å². The second-order valence-electron chi connectivity index (χ2n) is 7.97. The van der Waals surface area contributed by atoms with Gasteiger partial charge in [-0.05, 0) is 55.7 Å². The third-order valence-corrected chi connectivity index (χ3v) is 5.63. The van der Waals surface area contributed by atoms with Gasteiger partial charge in [-0.25, -0.2) is 0 Å². The lowest BCUT2D eigenvalue weighted by Crippen LogP contribution is -2.36. The molecule has 1 aliphatic carbocycles. The number of hydrogen-bond acceptors (Lipinski definition) is 4. The molecule has 0 bridgehead atoms. The van der Waals surface area contributed by atoms with Crippen LogP contribution in [0.2, 0.25) is 0 Å². The van der Waals surface area contributed by atoms with E-state index in [1.54, 1.807) is 24.3 Å². The maximum Gasteiger partial charge on any atom is 0.251 e. The molecule has 2 aliphatic rings. The molecule has 1 heterocycles. The molecule has 1 atom stereocenters. The van der Waals surface area contributed by atoms with Gasteiger partial charge in [-0.15, -0.1) is 0 Å². The molecule has 1 saturated carbocycles. The van der Waals surface area contributed by atoms with E-state index < -0.39 is 0 Å². The molecule has 6 nitrogen and oxygen atoms in total. The predicted molar refractivity (Wildman–Crippen MR) is 115 cm³/mol. The molecular formula is C24H28N2O4. The highest BCUT2D eigenvalue weighted by atomic mass is 16.6. The number of fused-ring (bicyclic) bond motifs is 1. The average Bonchev–Trinajstić information content (AvgIpc) is 2.79. The van der Waals surface area contributed by atoms with Crippen LogP contribution in [0.15, 0.2) is 48.5 Å². The zero-order valence-electron chi connectivity index (χ0n) is 17.1. The summed E-state index contributed by atoms with van der Waals surface area (Å²) in [4.78, 5) is 24.7. The van der Waals surface area contributed by atoms with Crippen molar-refractivity contribution >= 4 is 17.5 Å². The number of amides is 2. The van der Waals surface area contributed by atoms with Crippen LogP contribution in [0.5, 0.6) is 11.5 Å². The third-order valence-electron chi connectivity index (χ3n) is 5.63. The zero-order chi connectivity index (χ0) is 20.8. The molecule has 158 valence electrons. The number of hydrogen-bond donors (Lipinski definition) is 2. The van der Waals surface area contributed by atoms with Crippen LogP contribution in [-0.2, 0) is 4.79 Å². The van der Waals surface area contributed by atoms with E-state index in [2.05, 4.69) is 10.6 Å². The van der Waals surface area contributed by atoms with E-state index in [4.69, 9.17) is 9.47 Å². The van der Waals surface area contributed by atoms with E-state index >= 15 is 0 Å². The molecule has 0 spiro atoms. The molecule has 4 rings (SSSR count). The van der Waals surface area contributed by atoms with E-state index in [1.165, 1.54) is 19.3 Å². The molecule has 2 aromatic rings. The summed E-state index contributed by atoms with van der Waals surface area (Å²) in [6.07, 6.45) is 6.50. The molecular weight excluding hydrogens is 380 g/mol. The van der Waals surface area contributed by atoms with Crippen molar-refractivity contribution in [3.63, 3.8) is 0 Å². The first-order chi connectivity index (χ1) is 14.7. The Kier molecular flexibility index (Phi) is 6.52. The molecule has 1 aliphatic heterocycles. The van der Waals surface area contributed by atoms with Crippen LogP contribution in [0.4, 0.5) is 5.69 Å². The number of nitrogens with one attached hydrogen (secondary N) is 2. The molecule has 30 heavy (non-hydrogen) atoms. The van der Waals surface area contributed by atoms with Crippen LogP contribution >= 0.6 is 0 Å². The molecule has 2 aromatic carbocycles. The topological polar surface area (TPSA) is 76.7 Å². The third kappa shape index (κ3) is 5.32. The predicted octanol–water partition coefficient (Wildman–Crippen LogP) is 4.31. The summed E-state index contributed by atoms with van der Waals surface area (Å²) in [5.74, 6) is 1.33. The second kappa shape index (κ2) is 9.65. The van der Waals surface area contributed by atoms with E-state index in [0.717, 1.165) is 24.3 Å². The van der Waals surface area contributed by atoms with Crippen LogP contribution in [-0.4, -0.2) is 30.6 Å².